The van der Waals surface area contributed by atoms with Crippen LogP contribution < -0.4 is 0 Å². The molecule has 0 spiro atoms. The SMILES string of the molecule is C[C@@H](CBr)n1ncnn1. The summed E-state index contributed by atoms with van der Waals surface area (Å²) < 4.78 is 0. The molecule has 0 radical (unpaired) electrons. The molecule has 1 atom stereocenters. The predicted octanol–water partition coefficient (Wildman–Crippen LogP) is 0.629. The van der Waals surface area contributed by atoms with Crippen LogP contribution in [-0.4, -0.2) is 25.5 Å². The molecule has 0 aliphatic carbocycles. The van der Waals surface area contributed by atoms with Crippen molar-refractivity contribution >= 4 is 15.9 Å². The van der Waals surface area contributed by atoms with E-state index in [0.29, 0.717) is 0 Å². The van der Waals surface area contributed by atoms with Crippen LogP contribution in [0.1, 0.15) is 13.0 Å². The Balaban J connectivity index is 2.65. The van der Waals surface area contributed by atoms with E-state index in [-0.39, 0.29) is 6.04 Å². The van der Waals surface area contributed by atoms with E-state index in [1.165, 1.54) is 6.33 Å². The topological polar surface area (TPSA) is 43.6 Å². The molecule has 0 unspecified atom stereocenters. The normalized spacial score (nSPS) is 13.6. The molecule has 0 aliphatic rings. The Hall–Kier alpha value is -0.450. The summed E-state index contributed by atoms with van der Waals surface area (Å²) in [5.41, 5.74) is 0. The summed E-state index contributed by atoms with van der Waals surface area (Å²) in [5.74, 6) is 0. The molecule has 0 saturated heterocycles. The Bertz CT molecular complexity index is 161. The fraction of sp³-hybridized carbons (Fsp3) is 0.750. The van der Waals surface area contributed by atoms with Crippen LogP contribution >= 0.6 is 15.9 Å². The molecule has 50 valence electrons. The van der Waals surface area contributed by atoms with Gasteiger partial charge in [-0.1, -0.05) is 15.9 Å². The predicted molar refractivity (Wildman–Crippen MR) is 36.3 cm³/mol. The molecular formula is C4H7BrN4. The molecule has 0 bridgehead atoms. The van der Waals surface area contributed by atoms with Crippen LogP contribution in [0, 0.1) is 0 Å². The zero-order valence-corrected chi connectivity index (χ0v) is 6.61. The smallest absolute Gasteiger partial charge is 0.161 e. The van der Waals surface area contributed by atoms with Crippen LogP contribution in [-0.2, 0) is 0 Å². The van der Waals surface area contributed by atoms with E-state index in [0.717, 1.165) is 5.33 Å². The molecule has 1 rings (SSSR count). The Morgan fingerprint density at radius 2 is 2.56 bits per heavy atom. The summed E-state index contributed by atoms with van der Waals surface area (Å²) in [6.07, 6.45) is 1.43. The van der Waals surface area contributed by atoms with E-state index >= 15 is 0 Å². The summed E-state index contributed by atoms with van der Waals surface area (Å²) in [5, 5.41) is 12.0. The van der Waals surface area contributed by atoms with Gasteiger partial charge in [0.05, 0.1) is 6.04 Å². The first-order chi connectivity index (χ1) is 4.34. The van der Waals surface area contributed by atoms with Crippen molar-refractivity contribution in [1.82, 2.24) is 20.2 Å². The molecule has 5 heteroatoms. The van der Waals surface area contributed by atoms with Gasteiger partial charge in [0.15, 0.2) is 6.33 Å². The minimum absolute atomic E-state index is 0.285. The highest BCUT2D eigenvalue weighted by Crippen LogP contribution is 2.02. The Morgan fingerprint density at radius 1 is 1.78 bits per heavy atom. The summed E-state index contributed by atoms with van der Waals surface area (Å²) >= 11 is 3.31. The molecule has 0 N–H and O–H groups in total. The number of hydrogen-bond acceptors (Lipinski definition) is 3. The van der Waals surface area contributed by atoms with Crippen molar-refractivity contribution in [1.29, 1.82) is 0 Å². The van der Waals surface area contributed by atoms with Gasteiger partial charge in [-0.25, -0.2) is 0 Å². The molecular weight excluding hydrogens is 184 g/mol. The first-order valence-electron chi connectivity index (χ1n) is 2.63. The molecule has 0 aromatic carbocycles. The lowest BCUT2D eigenvalue weighted by molar-refractivity contribution is 0.463. The summed E-state index contributed by atoms with van der Waals surface area (Å²) in [4.78, 5) is 1.56. The van der Waals surface area contributed by atoms with Gasteiger partial charge in [0.25, 0.3) is 0 Å². The Labute approximate surface area is 61.4 Å². The van der Waals surface area contributed by atoms with Crippen molar-refractivity contribution in [2.45, 2.75) is 13.0 Å². The van der Waals surface area contributed by atoms with E-state index < -0.39 is 0 Å². The lowest BCUT2D eigenvalue weighted by Gasteiger charge is -2.02. The second-order valence-corrected chi connectivity index (χ2v) is 2.41. The second-order valence-electron chi connectivity index (χ2n) is 1.76. The summed E-state index contributed by atoms with van der Waals surface area (Å²) in [6, 6.07) is 0.285. The summed E-state index contributed by atoms with van der Waals surface area (Å²) in [7, 11) is 0. The first-order valence-corrected chi connectivity index (χ1v) is 3.75. The number of rotatable bonds is 2. The molecule has 0 saturated carbocycles. The van der Waals surface area contributed by atoms with Crippen molar-refractivity contribution in [3.05, 3.63) is 6.33 Å². The minimum atomic E-state index is 0.285. The van der Waals surface area contributed by atoms with Gasteiger partial charge in [0, 0.05) is 5.33 Å². The second kappa shape index (κ2) is 2.91. The zero-order chi connectivity index (χ0) is 6.69. The van der Waals surface area contributed by atoms with Gasteiger partial charge in [-0.2, -0.15) is 4.80 Å². The maximum atomic E-state index is 3.85. The average Bonchev–Trinajstić information content (AvgIpc) is 2.37. The standard InChI is InChI=1S/C4H7BrN4/c1-4(2-5)9-7-3-6-8-9/h3-4H,2H2,1H3/t4-/m0/s1. The average molecular weight is 191 g/mol. The van der Waals surface area contributed by atoms with Gasteiger partial charge in [-0.05, 0) is 12.1 Å². The van der Waals surface area contributed by atoms with Crippen LogP contribution in [0.3, 0.4) is 0 Å². The van der Waals surface area contributed by atoms with E-state index in [1.807, 2.05) is 6.92 Å². The van der Waals surface area contributed by atoms with E-state index in [9.17, 15) is 0 Å². The van der Waals surface area contributed by atoms with Crippen molar-refractivity contribution in [3.8, 4) is 0 Å². The van der Waals surface area contributed by atoms with Gasteiger partial charge in [-0.3, -0.25) is 0 Å². The van der Waals surface area contributed by atoms with Crippen LogP contribution in [0.2, 0.25) is 0 Å². The lowest BCUT2D eigenvalue weighted by atomic mass is 10.4. The van der Waals surface area contributed by atoms with Crippen LogP contribution in [0.25, 0.3) is 0 Å². The number of aromatic nitrogens is 4. The molecule has 1 heterocycles. The monoisotopic (exact) mass is 190 g/mol. The molecule has 1 aromatic heterocycles. The number of halogens is 1. The highest BCUT2D eigenvalue weighted by atomic mass is 79.9. The van der Waals surface area contributed by atoms with Gasteiger partial charge in [0.2, 0.25) is 0 Å². The fourth-order valence-corrected chi connectivity index (χ4v) is 0.698. The quantitative estimate of drug-likeness (QED) is 0.644. The molecule has 9 heavy (non-hydrogen) atoms. The van der Waals surface area contributed by atoms with Crippen molar-refractivity contribution < 1.29 is 0 Å². The highest BCUT2D eigenvalue weighted by Gasteiger charge is 2.01. The first kappa shape index (κ1) is 6.67. The Morgan fingerprint density at radius 3 is 3.00 bits per heavy atom. The third-order valence-electron chi connectivity index (χ3n) is 0.982. The molecule has 0 amide bonds. The number of tetrazole rings is 1. The van der Waals surface area contributed by atoms with Crippen molar-refractivity contribution in [3.63, 3.8) is 0 Å². The number of hydrogen-bond donors (Lipinski definition) is 0. The van der Waals surface area contributed by atoms with Gasteiger partial charge in [0.1, 0.15) is 0 Å². The maximum absolute atomic E-state index is 3.85. The van der Waals surface area contributed by atoms with E-state index in [2.05, 4.69) is 31.3 Å². The fourth-order valence-electron chi connectivity index (χ4n) is 0.439. The minimum Gasteiger partial charge on any atom is -0.161 e. The van der Waals surface area contributed by atoms with Gasteiger partial charge >= 0.3 is 0 Å². The van der Waals surface area contributed by atoms with Gasteiger partial charge in [-0.15, -0.1) is 10.2 Å². The third-order valence-corrected chi connectivity index (χ3v) is 1.92. The largest absolute Gasteiger partial charge is 0.162 e. The van der Waals surface area contributed by atoms with Crippen LogP contribution in [0.5, 0.6) is 0 Å². The number of nitrogens with zero attached hydrogens (tertiary/aromatic N) is 4. The molecule has 4 nitrogen and oxygen atoms in total. The zero-order valence-electron chi connectivity index (χ0n) is 5.03. The molecule has 0 aliphatic heterocycles. The molecule has 0 fully saturated rings. The Kier molecular flexibility index (Phi) is 2.16. The summed E-state index contributed by atoms with van der Waals surface area (Å²) in [6.45, 7) is 2.01. The van der Waals surface area contributed by atoms with Crippen molar-refractivity contribution in [2.75, 3.05) is 5.33 Å². The van der Waals surface area contributed by atoms with E-state index in [4.69, 9.17) is 0 Å². The number of alkyl halides is 1. The maximum Gasteiger partial charge on any atom is 0.162 e. The third kappa shape index (κ3) is 1.48. The van der Waals surface area contributed by atoms with Gasteiger partial charge < -0.3 is 0 Å². The molecule has 1 aromatic rings. The highest BCUT2D eigenvalue weighted by molar-refractivity contribution is 9.09. The van der Waals surface area contributed by atoms with E-state index in [1.54, 1.807) is 4.80 Å². The van der Waals surface area contributed by atoms with Crippen LogP contribution in [0.15, 0.2) is 6.33 Å². The van der Waals surface area contributed by atoms with Crippen molar-refractivity contribution in [2.24, 2.45) is 0 Å². The lowest BCUT2D eigenvalue weighted by Crippen LogP contribution is -2.09. The van der Waals surface area contributed by atoms with Crippen LogP contribution in [0.4, 0.5) is 0 Å².